The molecule has 0 unspecified atom stereocenters. The van der Waals surface area contributed by atoms with E-state index in [-0.39, 0.29) is 0 Å². The number of hydrogen-bond donors (Lipinski definition) is 2. The van der Waals surface area contributed by atoms with Crippen molar-refractivity contribution < 1.29 is 0 Å². The van der Waals surface area contributed by atoms with Gasteiger partial charge in [-0.3, -0.25) is 0 Å². The number of anilines is 2. The highest BCUT2D eigenvalue weighted by Crippen LogP contribution is 2.26. The number of fused-ring (bicyclic) bond motifs is 1. The summed E-state index contributed by atoms with van der Waals surface area (Å²) >= 11 is 0. The van der Waals surface area contributed by atoms with Gasteiger partial charge in [-0.05, 0) is 19.1 Å². The summed E-state index contributed by atoms with van der Waals surface area (Å²) in [6.45, 7) is 1.96. The van der Waals surface area contributed by atoms with Gasteiger partial charge in [0.2, 0.25) is 0 Å². The van der Waals surface area contributed by atoms with Gasteiger partial charge in [0.15, 0.2) is 0 Å². The van der Waals surface area contributed by atoms with Crippen LogP contribution in [0.25, 0.3) is 10.8 Å². The maximum atomic E-state index is 5.89. The molecule has 3 N–H and O–H groups in total. The van der Waals surface area contributed by atoms with Gasteiger partial charge in [-0.2, -0.15) is 0 Å². The quantitative estimate of drug-likeness (QED) is 0.673. The average Bonchev–Trinajstić information content (AvgIpc) is 2.18. The van der Waals surface area contributed by atoms with Crippen LogP contribution in [-0.2, 0) is 0 Å². The van der Waals surface area contributed by atoms with Crippen molar-refractivity contribution in [2.45, 2.75) is 6.92 Å². The number of aryl methyl sites for hydroxylation is 1. The second-order valence-electron chi connectivity index (χ2n) is 3.30. The summed E-state index contributed by atoms with van der Waals surface area (Å²) in [4.78, 5) is 4.39. The van der Waals surface area contributed by atoms with Crippen LogP contribution in [-0.4, -0.2) is 12.0 Å². The predicted octanol–water partition coefficient (Wildman–Crippen LogP) is 2.17. The average molecular weight is 187 g/mol. The molecule has 0 fully saturated rings. The number of aromatic nitrogens is 1. The van der Waals surface area contributed by atoms with Crippen LogP contribution in [0.5, 0.6) is 0 Å². The van der Waals surface area contributed by atoms with Crippen molar-refractivity contribution in [1.29, 1.82) is 0 Å². The summed E-state index contributed by atoms with van der Waals surface area (Å²) in [5.74, 6) is 0.882. The number of nitrogens with one attached hydrogen (secondary N) is 1. The zero-order valence-electron chi connectivity index (χ0n) is 8.33. The first-order valence-electron chi connectivity index (χ1n) is 4.56. The number of rotatable bonds is 1. The van der Waals surface area contributed by atoms with E-state index < -0.39 is 0 Å². The Hall–Kier alpha value is -1.77. The van der Waals surface area contributed by atoms with Gasteiger partial charge in [0.25, 0.3) is 0 Å². The zero-order valence-corrected chi connectivity index (χ0v) is 8.33. The third-order valence-corrected chi connectivity index (χ3v) is 2.27. The number of nitrogens with zero attached hydrogens (tertiary/aromatic N) is 1. The van der Waals surface area contributed by atoms with Crippen molar-refractivity contribution in [1.82, 2.24) is 4.98 Å². The zero-order chi connectivity index (χ0) is 10.1. The van der Waals surface area contributed by atoms with Crippen LogP contribution in [0.15, 0.2) is 24.3 Å². The molecule has 0 aliphatic carbocycles. The summed E-state index contributed by atoms with van der Waals surface area (Å²) in [5, 5.41) is 5.20. The van der Waals surface area contributed by atoms with Crippen molar-refractivity contribution in [2.75, 3.05) is 18.1 Å². The van der Waals surface area contributed by atoms with Gasteiger partial charge in [0.05, 0.1) is 0 Å². The maximum Gasteiger partial charge on any atom is 0.133 e. The van der Waals surface area contributed by atoms with E-state index in [2.05, 4.69) is 10.3 Å². The highest BCUT2D eigenvalue weighted by atomic mass is 15.0. The summed E-state index contributed by atoms with van der Waals surface area (Å²) < 4.78 is 0. The summed E-state index contributed by atoms with van der Waals surface area (Å²) in [6.07, 6.45) is 0. The molecule has 72 valence electrons. The number of benzene rings is 1. The molecule has 1 aromatic carbocycles. The molecule has 3 nitrogen and oxygen atoms in total. The van der Waals surface area contributed by atoms with Crippen LogP contribution >= 0.6 is 0 Å². The molecule has 0 saturated heterocycles. The lowest BCUT2D eigenvalue weighted by atomic mass is 10.1. The van der Waals surface area contributed by atoms with E-state index in [1.165, 1.54) is 0 Å². The fourth-order valence-corrected chi connectivity index (χ4v) is 1.62. The topological polar surface area (TPSA) is 50.9 Å². The second kappa shape index (κ2) is 3.18. The SMILES string of the molecule is CNc1nc(C)cc2c(N)cccc12. The van der Waals surface area contributed by atoms with E-state index in [1.807, 2.05) is 38.2 Å². The van der Waals surface area contributed by atoms with E-state index in [1.54, 1.807) is 0 Å². The van der Waals surface area contributed by atoms with Crippen LogP contribution in [0.4, 0.5) is 11.5 Å². The maximum absolute atomic E-state index is 5.89. The number of pyridine rings is 1. The van der Waals surface area contributed by atoms with E-state index in [9.17, 15) is 0 Å². The van der Waals surface area contributed by atoms with Crippen molar-refractivity contribution in [2.24, 2.45) is 0 Å². The molecule has 0 aliphatic rings. The third kappa shape index (κ3) is 1.27. The molecular formula is C11H13N3. The summed E-state index contributed by atoms with van der Waals surface area (Å²) in [5.41, 5.74) is 7.66. The Labute approximate surface area is 83.0 Å². The number of nitrogen functional groups attached to an aromatic ring is 1. The minimum absolute atomic E-state index is 0.796. The van der Waals surface area contributed by atoms with Crippen LogP contribution in [0.1, 0.15) is 5.69 Å². The standard InChI is InChI=1S/C11H13N3/c1-7-6-9-8(11(13-2)14-7)4-3-5-10(9)12/h3-6H,12H2,1-2H3,(H,13,14). The highest BCUT2D eigenvalue weighted by Gasteiger charge is 2.04. The lowest BCUT2D eigenvalue weighted by Crippen LogP contribution is -1.97. The molecule has 3 heteroatoms. The minimum Gasteiger partial charge on any atom is -0.398 e. The number of hydrogen-bond acceptors (Lipinski definition) is 3. The Morgan fingerprint density at radius 1 is 1.29 bits per heavy atom. The Kier molecular flexibility index (Phi) is 2.00. The molecule has 0 bridgehead atoms. The fraction of sp³-hybridized carbons (Fsp3) is 0.182. The molecule has 2 aromatic rings. The molecule has 2 rings (SSSR count). The predicted molar refractivity (Wildman–Crippen MR) is 60.4 cm³/mol. The minimum atomic E-state index is 0.796. The summed E-state index contributed by atoms with van der Waals surface area (Å²) in [7, 11) is 1.87. The van der Waals surface area contributed by atoms with Gasteiger partial charge < -0.3 is 11.1 Å². The molecule has 0 atom stereocenters. The second-order valence-corrected chi connectivity index (χ2v) is 3.30. The van der Waals surface area contributed by atoms with Crippen LogP contribution < -0.4 is 11.1 Å². The van der Waals surface area contributed by atoms with Crippen molar-refractivity contribution in [3.8, 4) is 0 Å². The molecule has 1 aromatic heterocycles. The van der Waals surface area contributed by atoms with Crippen LogP contribution in [0.3, 0.4) is 0 Å². The lowest BCUT2D eigenvalue weighted by molar-refractivity contribution is 1.21. The largest absolute Gasteiger partial charge is 0.398 e. The molecule has 1 heterocycles. The van der Waals surface area contributed by atoms with E-state index in [4.69, 9.17) is 5.73 Å². The van der Waals surface area contributed by atoms with E-state index >= 15 is 0 Å². The van der Waals surface area contributed by atoms with Crippen molar-refractivity contribution >= 4 is 22.3 Å². The van der Waals surface area contributed by atoms with Gasteiger partial charge in [-0.1, -0.05) is 12.1 Å². The van der Waals surface area contributed by atoms with Crippen molar-refractivity contribution in [3.05, 3.63) is 30.0 Å². The molecular weight excluding hydrogens is 174 g/mol. The molecule has 0 radical (unpaired) electrons. The summed E-state index contributed by atoms with van der Waals surface area (Å²) in [6, 6.07) is 7.87. The number of nitrogens with two attached hydrogens (primary N) is 1. The first kappa shape index (κ1) is 8.81. The van der Waals surface area contributed by atoms with E-state index in [0.717, 1.165) is 28.0 Å². The Bertz CT molecular complexity index is 477. The van der Waals surface area contributed by atoms with Gasteiger partial charge in [0, 0.05) is 29.2 Å². The Morgan fingerprint density at radius 3 is 2.79 bits per heavy atom. The molecule has 0 spiro atoms. The smallest absolute Gasteiger partial charge is 0.133 e. The fourth-order valence-electron chi connectivity index (χ4n) is 1.62. The van der Waals surface area contributed by atoms with Crippen LogP contribution in [0.2, 0.25) is 0 Å². The third-order valence-electron chi connectivity index (χ3n) is 2.27. The normalized spacial score (nSPS) is 10.4. The van der Waals surface area contributed by atoms with Crippen molar-refractivity contribution in [3.63, 3.8) is 0 Å². The molecule has 14 heavy (non-hydrogen) atoms. The Morgan fingerprint density at radius 2 is 2.07 bits per heavy atom. The van der Waals surface area contributed by atoms with Gasteiger partial charge in [0.1, 0.15) is 5.82 Å². The first-order chi connectivity index (χ1) is 6.72. The molecule has 0 amide bonds. The van der Waals surface area contributed by atoms with Gasteiger partial charge in [-0.25, -0.2) is 4.98 Å². The highest BCUT2D eigenvalue weighted by molar-refractivity contribution is 5.99. The first-order valence-corrected chi connectivity index (χ1v) is 4.56. The van der Waals surface area contributed by atoms with Gasteiger partial charge >= 0.3 is 0 Å². The monoisotopic (exact) mass is 187 g/mol. The van der Waals surface area contributed by atoms with Crippen LogP contribution in [0, 0.1) is 6.92 Å². The van der Waals surface area contributed by atoms with Gasteiger partial charge in [-0.15, -0.1) is 0 Å². The molecule has 0 saturated carbocycles. The molecule has 0 aliphatic heterocycles. The lowest BCUT2D eigenvalue weighted by Gasteiger charge is -2.08. The van der Waals surface area contributed by atoms with E-state index in [0.29, 0.717) is 0 Å². The Balaban J connectivity index is 2.87.